The average molecular weight is 320 g/mol. The number of ether oxygens (including phenoxy) is 2. The average Bonchev–Trinajstić information content (AvgIpc) is 2.98. The molecule has 0 spiro atoms. The first-order valence-corrected chi connectivity index (χ1v) is 7.98. The lowest BCUT2D eigenvalue weighted by Crippen LogP contribution is -2.36. The van der Waals surface area contributed by atoms with Gasteiger partial charge in [0, 0.05) is 6.04 Å². The second kappa shape index (κ2) is 7.85. The summed E-state index contributed by atoms with van der Waals surface area (Å²) >= 11 is 0. The summed E-state index contributed by atoms with van der Waals surface area (Å²) in [5.74, 6) is -0.309. The van der Waals surface area contributed by atoms with Crippen molar-refractivity contribution in [2.24, 2.45) is 0 Å². The summed E-state index contributed by atoms with van der Waals surface area (Å²) < 4.78 is 10.6. The number of nitrogens with one attached hydrogen (secondary N) is 1. The second-order valence-electron chi connectivity index (χ2n) is 6.04. The van der Waals surface area contributed by atoms with Crippen molar-refractivity contribution in [1.82, 2.24) is 5.32 Å². The van der Waals surface area contributed by atoms with Crippen molar-refractivity contribution in [3.05, 3.63) is 23.8 Å². The fourth-order valence-corrected chi connectivity index (χ4v) is 2.55. The van der Waals surface area contributed by atoms with E-state index >= 15 is 0 Å². The number of carbonyl (C=O) groups excluding carboxylic acids is 2. The number of nitrogens with two attached hydrogens (primary N) is 1. The Balaban J connectivity index is 1.93. The smallest absolute Gasteiger partial charge is 0.338 e. The van der Waals surface area contributed by atoms with Crippen molar-refractivity contribution in [3.8, 4) is 5.75 Å². The van der Waals surface area contributed by atoms with E-state index in [1.165, 1.54) is 6.07 Å². The summed E-state index contributed by atoms with van der Waals surface area (Å²) in [6.45, 7) is 3.43. The summed E-state index contributed by atoms with van der Waals surface area (Å²) in [6, 6.07) is 4.89. The summed E-state index contributed by atoms with van der Waals surface area (Å²) in [5.41, 5.74) is 6.55. The minimum atomic E-state index is -0.444. The molecule has 6 nitrogen and oxygen atoms in total. The Labute approximate surface area is 136 Å². The molecule has 0 aromatic heterocycles. The zero-order valence-electron chi connectivity index (χ0n) is 13.6. The van der Waals surface area contributed by atoms with Gasteiger partial charge in [-0.2, -0.15) is 0 Å². The van der Waals surface area contributed by atoms with Crippen LogP contribution in [0.5, 0.6) is 5.75 Å². The Morgan fingerprint density at radius 2 is 2.00 bits per heavy atom. The first-order valence-electron chi connectivity index (χ1n) is 7.98. The quantitative estimate of drug-likeness (QED) is 0.620. The summed E-state index contributed by atoms with van der Waals surface area (Å²) in [4.78, 5) is 23.8. The summed E-state index contributed by atoms with van der Waals surface area (Å²) in [5, 5.41) is 2.94. The SMILES string of the molecule is CC(C)OC(=O)c1ccc(N)c(OCC(=O)NC2CCCC2)c1. The van der Waals surface area contributed by atoms with Crippen molar-refractivity contribution in [2.75, 3.05) is 12.3 Å². The van der Waals surface area contributed by atoms with Crippen LogP contribution in [0, 0.1) is 0 Å². The van der Waals surface area contributed by atoms with Crippen molar-refractivity contribution in [1.29, 1.82) is 0 Å². The molecule has 0 bridgehead atoms. The van der Waals surface area contributed by atoms with Crippen LogP contribution in [0.2, 0.25) is 0 Å². The number of carbonyl (C=O) groups is 2. The number of anilines is 1. The van der Waals surface area contributed by atoms with Gasteiger partial charge in [0.05, 0.1) is 17.4 Å². The standard InChI is InChI=1S/C17H24N2O4/c1-11(2)23-17(21)12-7-8-14(18)15(9-12)22-10-16(20)19-13-5-3-4-6-13/h7-9,11,13H,3-6,10,18H2,1-2H3,(H,19,20). The van der Waals surface area contributed by atoms with Gasteiger partial charge in [-0.05, 0) is 44.9 Å². The van der Waals surface area contributed by atoms with Gasteiger partial charge in [-0.15, -0.1) is 0 Å². The first-order chi connectivity index (χ1) is 11.0. The molecule has 1 aliphatic carbocycles. The molecule has 23 heavy (non-hydrogen) atoms. The minimum Gasteiger partial charge on any atom is -0.482 e. The zero-order chi connectivity index (χ0) is 16.8. The zero-order valence-corrected chi connectivity index (χ0v) is 13.6. The lowest BCUT2D eigenvalue weighted by molar-refractivity contribution is -0.123. The fourth-order valence-electron chi connectivity index (χ4n) is 2.55. The largest absolute Gasteiger partial charge is 0.482 e. The Bertz CT molecular complexity index is 566. The molecule has 1 fully saturated rings. The van der Waals surface area contributed by atoms with Gasteiger partial charge in [0.2, 0.25) is 0 Å². The van der Waals surface area contributed by atoms with Crippen molar-refractivity contribution < 1.29 is 19.1 Å². The van der Waals surface area contributed by atoms with Crippen LogP contribution in [-0.2, 0) is 9.53 Å². The minimum absolute atomic E-state index is 0.122. The predicted octanol–water partition coefficient (Wildman–Crippen LogP) is 2.27. The summed E-state index contributed by atoms with van der Waals surface area (Å²) in [6.07, 6.45) is 4.13. The molecule has 2 rings (SSSR count). The first kappa shape index (κ1) is 17.1. The molecule has 0 saturated heterocycles. The summed E-state index contributed by atoms with van der Waals surface area (Å²) in [7, 11) is 0. The number of hydrogen-bond donors (Lipinski definition) is 2. The maximum atomic E-state index is 11.9. The number of nitrogen functional groups attached to an aromatic ring is 1. The number of amides is 1. The third-order valence-corrected chi connectivity index (χ3v) is 3.67. The van der Waals surface area contributed by atoms with Crippen LogP contribution in [0.3, 0.4) is 0 Å². The van der Waals surface area contributed by atoms with Crippen molar-refractivity contribution >= 4 is 17.6 Å². The normalized spacial score (nSPS) is 14.7. The van der Waals surface area contributed by atoms with E-state index in [2.05, 4.69) is 5.32 Å². The molecular formula is C17H24N2O4. The molecule has 126 valence electrons. The number of rotatable bonds is 6. The molecule has 0 unspecified atom stereocenters. The third-order valence-electron chi connectivity index (χ3n) is 3.67. The van der Waals surface area contributed by atoms with Gasteiger partial charge < -0.3 is 20.5 Å². The number of hydrogen-bond acceptors (Lipinski definition) is 5. The molecule has 3 N–H and O–H groups in total. The van der Waals surface area contributed by atoms with E-state index in [0.717, 1.165) is 25.7 Å². The molecule has 1 saturated carbocycles. The highest BCUT2D eigenvalue weighted by Gasteiger charge is 2.18. The van der Waals surface area contributed by atoms with Gasteiger partial charge >= 0.3 is 5.97 Å². The van der Waals surface area contributed by atoms with Crippen LogP contribution in [0.1, 0.15) is 49.9 Å². The molecule has 0 aliphatic heterocycles. The van der Waals surface area contributed by atoms with E-state index in [0.29, 0.717) is 17.0 Å². The highest BCUT2D eigenvalue weighted by atomic mass is 16.5. The van der Waals surface area contributed by atoms with Gasteiger partial charge in [-0.1, -0.05) is 12.8 Å². The van der Waals surface area contributed by atoms with E-state index in [1.54, 1.807) is 26.0 Å². The Morgan fingerprint density at radius 3 is 2.65 bits per heavy atom. The Hall–Kier alpha value is -2.24. The molecule has 0 heterocycles. The van der Waals surface area contributed by atoms with Gasteiger partial charge in [0.1, 0.15) is 5.75 Å². The van der Waals surface area contributed by atoms with Gasteiger partial charge in [0.15, 0.2) is 6.61 Å². The topological polar surface area (TPSA) is 90.7 Å². The molecular weight excluding hydrogens is 296 g/mol. The molecule has 1 amide bonds. The van der Waals surface area contributed by atoms with Gasteiger partial charge in [0.25, 0.3) is 5.91 Å². The predicted molar refractivity (Wildman–Crippen MR) is 87.3 cm³/mol. The van der Waals surface area contributed by atoms with Gasteiger partial charge in [-0.25, -0.2) is 4.79 Å². The van der Waals surface area contributed by atoms with Crippen LogP contribution < -0.4 is 15.8 Å². The van der Waals surface area contributed by atoms with E-state index in [1.807, 2.05) is 0 Å². The Morgan fingerprint density at radius 1 is 1.30 bits per heavy atom. The van der Waals surface area contributed by atoms with E-state index in [4.69, 9.17) is 15.2 Å². The van der Waals surface area contributed by atoms with E-state index in [-0.39, 0.29) is 24.7 Å². The van der Waals surface area contributed by atoms with E-state index in [9.17, 15) is 9.59 Å². The lowest BCUT2D eigenvalue weighted by atomic mass is 10.2. The lowest BCUT2D eigenvalue weighted by Gasteiger charge is -2.14. The van der Waals surface area contributed by atoms with Crippen LogP contribution in [0.25, 0.3) is 0 Å². The molecule has 0 atom stereocenters. The maximum Gasteiger partial charge on any atom is 0.338 e. The molecule has 1 aromatic carbocycles. The van der Waals surface area contributed by atoms with Crippen molar-refractivity contribution in [3.63, 3.8) is 0 Å². The monoisotopic (exact) mass is 320 g/mol. The molecule has 0 radical (unpaired) electrons. The van der Waals surface area contributed by atoms with E-state index < -0.39 is 5.97 Å². The maximum absolute atomic E-state index is 11.9. The highest BCUT2D eigenvalue weighted by molar-refractivity contribution is 5.90. The second-order valence-corrected chi connectivity index (χ2v) is 6.04. The Kier molecular flexibility index (Phi) is 5.84. The van der Waals surface area contributed by atoms with Crippen LogP contribution >= 0.6 is 0 Å². The third kappa shape index (κ3) is 5.16. The number of benzene rings is 1. The van der Waals surface area contributed by atoms with Crippen LogP contribution in [0.15, 0.2) is 18.2 Å². The van der Waals surface area contributed by atoms with Crippen molar-refractivity contribution in [2.45, 2.75) is 51.7 Å². The van der Waals surface area contributed by atoms with Crippen LogP contribution in [-0.4, -0.2) is 30.6 Å². The van der Waals surface area contributed by atoms with Crippen LogP contribution in [0.4, 0.5) is 5.69 Å². The fraction of sp³-hybridized carbons (Fsp3) is 0.529. The highest BCUT2D eigenvalue weighted by Crippen LogP contribution is 2.23. The molecule has 1 aliphatic rings. The molecule has 1 aromatic rings. The molecule has 6 heteroatoms. The number of esters is 1. The van der Waals surface area contributed by atoms with Gasteiger partial charge in [-0.3, -0.25) is 4.79 Å².